The molecule has 0 radical (unpaired) electrons. The summed E-state index contributed by atoms with van der Waals surface area (Å²) in [4.78, 5) is 2.29. The molecule has 0 unspecified atom stereocenters. The van der Waals surface area contributed by atoms with Gasteiger partial charge in [0.05, 0.1) is 18.1 Å². The number of nitrogens with zero attached hydrogens (tertiary/aromatic N) is 3. The number of rotatable bonds is 2. The lowest BCUT2D eigenvalue weighted by Crippen LogP contribution is -2.43. The molecule has 1 aromatic carbocycles. The van der Waals surface area contributed by atoms with Crippen molar-refractivity contribution in [2.45, 2.75) is 0 Å². The maximum absolute atomic E-state index is 9.80. The molecule has 3 rings (SSSR count). The van der Waals surface area contributed by atoms with Crippen LogP contribution in [0.25, 0.3) is 5.69 Å². The highest BCUT2D eigenvalue weighted by Gasteiger charge is 2.13. The van der Waals surface area contributed by atoms with Crippen LogP contribution in [-0.2, 0) is 0 Å². The molecule has 0 amide bonds. The summed E-state index contributed by atoms with van der Waals surface area (Å²) in [5, 5.41) is 17.4. The Morgan fingerprint density at radius 1 is 1.17 bits per heavy atom. The summed E-state index contributed by atoms with van der Waals surface area (Å²) in [7, 11) is 0. The van der Waals surface area contributed by atoms with Gasteiger partial charge in [-0.25, -0.2) is 4.68 Å². The van der Waals surface area contributed by atoms with Gasteiger partial charge < -0.3 is 15.3 Å². The molecule has 5 nitrogen and oxygen atoms in total. The van der Waals surface area contributed by atoms with E-state index in [2.05, 4.69) is 15.3 Å². The second-order valence-electron chi connectivity index (χ2n) is 4.37. The molecule has 1 fully saturated rings. The third kappa shape index (κ3) is 2.04. The van der Waals surface area contributed by atoms with Crippen molar-refractivity contribution in [2.75, 3.05) is 31.1 Å². The largest absolute Gasteiger partial charge is 0.506 e. The van der Waals surface area contributed by atoms with E-state index in [-0.39, 0.29) is 5.75 Å². The standard InChI is InChI=1S/C13H16N4O/c18-13-4-2-1-3-12(13)17-10-11(9-15-17)16-7-5-14-6-8-16/h1-4,9-10,14,18H,5-8H2. The molecule has 1 aromatic heterocycles. The number of hydrogen-bond donors (Lipinski definition) is 2. The van der Waals surface area contributed by atoms with Gasteiger partial charge >= 0.3 is 0 Å². The number of aromatic nitrogens is 2. The van der Waals surface area contributed by atoms with Gasteiger partial charge in [-0.2, -0.15) is 5.10 Å². The number of para-hydroxylation sites is 2. The second-order valence-corrected chi connectivity index (χ2v) is 4.37. The maximum Gasteiger partial charge on any atom is 0.141 e. The first-order chi connectivity index (χ1) is 8.84. The first kappa shape index (κ1) is 11.1. The maximum atomic E-state index is 9.80. The van der Waals surface area contributed by atoms with Crippen molar-refractivity contribution >= 4 is 5.69 Å². The molecule has 0 aliphatic carbocycles. The number of anilines is 1. The van der Waals surface area contributed by atoms with E-state index in [1.165, 1.54) is 0 Å². The van der Waals surface area contributed by atoms with Gasteiger partial charge in [0.2, 0.25) is 0 Å². The Balaban J connectivity index is 1.87. The molecule has 0 spiro atoms. The van der Waals surface area contributed by atoms with Crippen molar-refractivity contribution in [3.63, 3.8) is 0 Å². The van der Waals surface area contributed by atoms with Crippen molar-refractivity contribution in [1.29, 1.82) is 0 Å². The van der Waals surface area contributed by atoms with Crippen molar-refractivity contribution in [2.24, 2.45) is 0 Å². The van der Waals surface area contributed by atoms with E-state index in [4.69, 9.17) is 0 Å². The van der Waals surface area contributed by atoms with Crippen molar-refractivity contribution in [1.82, 2.24) is 15.1 Å². The van der Waals surface area contributed by atoms with Gasteiger partial charge in [-0.3, -0.25) is 0 Å². The smallest absolute Gasteiger partial charge is 0.141 e. The van der Waals surface area contributed by atoms with Gasteiger partial charge in [-0.15, -0.1) is 0 Å². The fraction of sp³-hybridized carbons (Fsp3) is 0.308. The number of hydrogen-bond acceptors (Lipinski definition) is 4. The van der Waals surface area contributed by atoms with Crippen molar-refractivity contribution < 1.29 is 5.11 Å². The lowest BCUT2D eigenvalue weighted by molar-refractivity contribution is 0.470. The summed E-state index contributed by atoms with van der Waals surface area (Å²) in [6.45, 7) is 3.99. The Morgan fingerprint density at radius 2 is 1.94 bits per heavy atom. The Morgan fingerprint density at radius 3 is 2.72 bits per heavy atom. The average Bonchev–Trinajstić information content (AvgIpc) is 2.90. The quantitative estimate of drug-likeness (QED) is 0.827. The lowest BCUT2D eigenvalue weighted by atomic mass is 10.3. The van der Waals surface area contributed by atoms with E-state index in [9.17, 15) is 5.11 Å². The van der Waals surface area contributed by atoms with E-state index in [0.717, 1.165) is 31.9 Å². The van der Waals surface area contributed by atoms with Gasteiger partial charge in [-0.1, -0.05) is 12.1 Å². The predicted molar refractivity (Wildman–Crippen MR) is 70.3 cm³/mol. The van der Waals surface area contributed by atoms with Crippen LogP contribution in [0.5, 0.6) is 5.75 Å². The number of aromatic hydroxyl groups is 1. The van der Waals surface area contributed by atoms with E-state index in [0.29, 0.717) is 5.69 Å². The van der Waals surface area contributed by atoms with Crippen molar-refractivity contribution in [3.05, 3.63) is 36.7 Å². The molecular weight excluding hydrogens is 228 g/mol. The Labute approximate surface area is 106 Å². The number of phenols is 1. The van der Waals surface area contributed by atoms with Crippen molar-refractivity contribution in [3.8, 4) is 11.4 Å². The number of benzene rings is 1. The molecule has 5 heteroatoms. The molecule has 2 N–H and O–H groups in total. The van der Waals surface area contributed by atoms with Crippen LogP contribution in [0, 0.1) is 0 Å². The predicted octanol–water partition coefficient (Wildman–Crippen LogP) is 0.988. The first-order valence-electron chi connectivity index (χ1n) is 6.13. The summed E-state index contributed by atoms with van der Waals surface area (Å²) in [6, 6.07) is 7.21. The molecule has 18 heavy (non-hydrogen) atoms. The van der Waals surface area contributed by atoms with Crippen LogP contribution in [-0.4, -0.2) is 41.1 Å². The van der Waals surface area contributed by atoms with Crippen LogP contribution in [0.3, 0.4) is 0 Å². The molecule has 0 bridgehead atoms. The molecular formula is C13H16N4O. The topological polar surface area (TPSA) is 53.3 Å². The Kier molecular flexibility index (Phi) is 2.90. The van der Waals surface area contributed by atoms with Gasteiger partial charge in [0.25, 0.3) is 0 Å². The highest BCUT2D eigenvalue weighted by molar-refractivity contribution is 5.49. The second kappa shape index (κ2) is 4.70. The molecule has 0 saturated carbocycles. The van der Waals surface area contributed by atoms with Crippen LogP contribution >= 0.6 is 0 Å². The van der Waals surface area contributed by atoms with Gasteiger partial charge in [-0.05, 0) is 12.1 Å². The van der Waals surface area contributed by atoms with Crippen LogP contribution in [0.4, 0.5) is 5.69 Å². The minimum atomic E-state index is 0.243. The third-order valence-corrected chi connectivity index (χ3v) is 3.18. The highest BCUT2D eigenvalue weighted by atomic mass is 16.3. The fourth-order valence-electron chi connectivity index (χ4n) is 2.19. The SMILES string of the molecule is Oc1ccccc1-n1cc(N2CCNCC2)cn1. The molecule has 1 saturated heterocycles. The highest BCUT2D eigenvalue weighted by Crippen LogP contribution is 2.22. The average molecular weight is 244 g/mol. The number of nitrogens with one attached hydrogen (secondary N) is 1. The molecule has 1 aliphatic rings. The molecule has 2 aromatic rings. The first-order valence-corrected chi connectivity index (χ1v) is 6.13. The van der Waals surface area contributed by atoms with Crippen LogP contribution in [0.15, 0.2) is 36.7 Å². The zero-order valence-electron chi connectivity index (χ0n) is 10.1. The monoisotopic (exact) mass is 244 g/mol. The summed E-state index contributed by atoms with van der Waals surface area (Å²) in [6.07, 6.45) is 3.80. The summed E-state index contributed by atoms with van der Waals surface area (Å²) in [5.41, 5.74) is 1.80. The summed E-state index contributed by atoms with van der Waals surface area (Å²) >= 11 is 0. The molecule has 1 aliphatic heterocycles. The Bertz CT molecular complexity index is 531. The van der Waals surface area contributed by atoms with E-state index >= 15 is 0 Å². The van der Waals surface area contributed by atoms with E-state index < -0.39 is 0 Å². The van der Waals surface area contributed by atoms with Crippen LogP contribution in [0.1, 0.15) is 0 Å². The fourth-order valence-corrected chi connectivity index (χ4v) is 2.19. The molecule has 0 atom stereocenters. The minimum absolute atomic E-state index is 0.243. The summed E-state index contributed by atoms with van der Waals surface area (Å²) < 4.78 is 1.71. The van der Waals surface area contributed by atoms with Gasteiger partial charge in [0.15, 0.2) is 0 Å². The van der Waals surface area contributed by atoms with Crippen LogP contribution < -0.4 is 10.2 Å². The molecule has 2 heterocycles. The number of phenolic OH excluding ortho intramolecular Hbond substituents is 1. The number of piperazine rings is 1. The van der Waals surface area contributed by atoms with Crippen LogP contribution in [0.2, 0.25) is 0 Å². The molecule has 94 valence electrons. The van der Waals surface area contributed by atoms with E-state index in [1.54, 1.807) is 16.8 Å². The zero-order valence-corrected chi connectivity index (χ0v) is 10.1. The minimum Gasteiger partial charge on any atom is -0.506 e. The zero-order chi connectivity index (χ0) is 12.4. The normalized spacial score (nSPS) is 15.9. The Hall–Kier alpha value is -2.01. The third-order valence-electron chi connectivity index (χ3n) is 3.18. The summed E-state index contributed by atoms with van der Waals surface area (Å²) in [5.74, 6) is 0.243. The lowest BCUT2D eigenvalue weighted by Gasteiger charge is -2.27. The van der Waals surface area contributed by atoms with Gasteiger partial charge in [0.1, 0.15) is 11.4 Å². The van der Waals surface area contributed by atoms with Gasteiger partial charge in [0, 0.05) is 26.2 Å². The van der Waals surface area contributed by atoms with E-state index in [1.807, 2.05) is 24.5 Å².